The number of hydrogen-bond acceptors (Lipinski definition) is 5. The molecule has 0 heterocycles. The van der Waals surface area contributed by atoms with Crippen molar-refractivity contribution in [2.75, 3.05) is 14.2 Å². The van der Waals surface area contributed by atoms with Crippen molar-refractivity contribution in [3.63, 3.8) is 0 Å². The molecular formula is C25H24N2O3. The van der Waals surface area contributed by atoms with Gasteiger partial charge >= 0.3 is 0 Å². The molecule has 0 radical (unpaired) electrons. The fourth-order valence-electron chi connectivity index (χ4n) is 3.01. The molecular weight excluding hydrogens is 376 g/mol. The van der Waals surface area contributed by atoms with Gasteiger partial charge in [-0.1, -0.05) is 66.7 Å². The number of benzene rings is 3. The van der Waals surface area contributed by atoms with Crippen molar-refractivity contribution in [3.8, 4) is 11.5 Å². The van der Waals surface area contributed by atoms with Gasteiger partial charge in [-0.2, -0.15) is 5.10 Å². The van der Waals surface area contributed by atoms with Crippen LogP contribution in [-0.2, 0) is 6.42 Å². The van der Waals surface area contributed by atoms with Crippen LogP contribution in [0, 0.1) is 0 Å². The summed E-state index contributed by atoms with van der Waals surface area (Å²) in [6.07, 6.45) is 0.575. The predicted molar refractivity (Wildman–Crippen MR) is 120 cm³/mol. The van der Waals surface area contributed by atoms with E-state index in [-0.39, 0.29) is 5.78 Å². The van der Waals surface area contributed by atoms with E-state index in [1.54, 1.807) is 26.4 Å². The lowest BCUT2D eigenvalue weighted by Crippen LogP contribution is -2.16. The van der Waals surface area contributed by atoms with Crippen molar-refractivity contribution in [2.24, 2.45) is 10.2 Å². The van der Waals surface area contributed by atoms with Gasteiger partial charge in [-0.15, -0.1) is 5.10 Å². The Labute approximate surface area is 176 Å². The van der Waals surface area contributed by atoms with Gasteiger partial charge in [0.05, 0.1) is 14.2 Å². The highest BCUT2D eigenvalue weighted by atomic mass is 16.5. The van der Waals surface area contributed by atoms with E-state index in [2.05, 4.69) is 10.2 Å². The molecule has 0 aliphatic heterocycles. The van der Waals surface area contributed by atoms with E-state index in [1.165, 1.54) is 0 Å². The SMILES string of the molecule is COc1ccc(CC(C)=NN=C(C(=O)c2ccccc2)c2ccccc2)cc1OC. The summed E-state index contributed by atoms with van der Waals surface area (Å²) in [5.41, 5.74) is 3.41. The molecule has 0 unspecified atom stereocenters. The summed E-state index contributed by atoms with van der Waals surface area (Å²) in [5, 5.41) is 8.69. The van der Waals surface area contributed by atoms with Crippen LogP contribution >= 0.6 is 0 Å². The molecule has 0 N–H and O–H groups in total. The molecule has 3 aromatic rings. The van der Waals surface area contributed by atoms with Crippen molar-refractivity contribution >= 4 is 17.2 Å². The third-order valence-electron chi connectivity index (χ3n) is 4.53. The molecule has 0 bridgehead atoms. The molecule has 0 fully saturated rings. The van der Waals surface area contributed by atoms with E-state index in [0.717, 1.165) is 16.8 Å². The first-order valence-corrected chi connectivity index (χ1v) is 9.59. The number of carbonyl (C=O) groups excluding carboxylic acids is 1. The van der Waals surface area contributed by atoms with Gasteiger partial charge in [-0.25, -0.2) is 0 Å². The smallest absolute Gasteiger partial charge is 0.213 e. The molecule has 5 nitrogen and oxygen atoms in total. The van der Waals surface area contributed by atoms with Crippen LogP contribution < -0.4 is 9.47 Å². The first kappa shape index (κ1) is 21.0. The number of ether oxygens (including phenoxy) is 2. The normalized spacial score (nSPS) is 11.8. The minimum absolute atomic E-state index is 0.163. The maximum absolute atomic E-state index is 13.0. The Balaban J connectivity index is 1.89. The zero-order chi connectivity index (χ0) is 21.3. The van der Waals surface area contributed by atoms with Gasteiger partial charge in [-0.3, -0.25) is 4.79 Å². The number of carbonyl (C=O) groups is 1. The molecule has 0 amide bonds. The summed E-state index contributed by atoms with van der Waals surface area (Å²) >= 11 is 0. The van der Waals surface area contributed by atoms with Gasteiger partial charge in [0.2, 0.25) is 5.78 Å². The Bertz CT molecular complexity index is 1060. The number of rotatable bonds is 8. The minimum atomic E-state index is -0.163. The van der Waals surface area contributed by atoms with Gasteiger partial charge in [-0.05, 0) is 24.6 Å². The minimum Gasteiger partial charge on any atom is -0.493 e. The Morgan fingerprint density at radius 1 is 0.767 bits per heavy atom. The van der Waals surface area contributed by atoms with Gasteiger partial charge in [0.25, 0.3) is 0 Å². The molecule has 30 heavy (non-hydrogen) atoms. The molecule has 0 saturated heterocycles. The van der Waals surface area contributed by atoms with E-state index in [0.29, 0.717) is 29.2 Å². The molecule has 0 atom stereocenters. The highest BCUT2D eigenvalue weighted by Crippen LogP contribution is 2.27. The predicted octanol–water partition coefficient (Wildman–Crippen LogP) is 4.99. The fraction of sp³-hybridized carbons (Fsp3) is 0.160. The summed E-state index contributed by atoms with van der Waals surface area (Å²) < 4.78 is 10.6. The van der Waals surface area contributed by atoms with Gasteiger partial charge in [0.1, 0.15) is 5.71 Å². The molecule has 0 spiro atoms. The second-order valence-electron chi connectivity index (χ2n) is 6.71. The highest BCUT2D eigenvalue weighted by Gasteiger charge is 2.16. The number of Topliss-reactive ketones (excluding diaryl/α,β-unsaturated/α-hetero) is 1. The summed E-state index contributed by atoms with van der Waals surface area (Å²) in [7, 11) is 3.21. The fourth-order valence-corrected chi connectivity index (χ4v) is 3.01. The van der Waals surface area contributed by atoms with Crippen LogP contribution in [0.1, 0.15) is 28.4 Å². The maximum atomic E-state index is 13.0. The lowest BCUT2D eigenvalue weighted by Gasteiger charge is -2.09. The van der Waals surface area contributed by atoms with Crippen molar-refractivity contribution in [1.29, 1.82) is 0 Å². The maximum Gasteiger partial charge on any atom is 0.213 e. The number of nitrogens with zero attached hydrogens (tertiary/aromatic N) is 2. The molecule has 152 valence electrons. The third-order valence-corrected chi connectivity index (χ3v) is 4.53. The third kappa shape index (κ3) is 5.20. The zero-order valence-corrected chi connectivity index (χ0v) is 17.3. The van der Waals surface area contributed by atoms with E-state index < -0.39 is 0 Å². The van der Waals surface area contributed by atoms with Crippen molar-refractivity contribution in [2.45, 2.75) is 13.3 Å². The first-order chi connectivity index (χ1) is 14.6. The molecule has 3 aromatic carbocycles. The monoisotopic (exact) mass is 400 g/mol. The summed E-state index contributed by atoms with van der Waals surface area (Å²) in [6.45, 7) is 1.88. The summed E-state index contributed by atoms with van der Waals surface area (Å²) in [5.74, 6) is 1.17. The van der Waals surface area contributed by atoms with E-state index in [1.807, 2.05) is 73.7 Å². The van der Waals surface area contributed by atoms with Crippen molar-refractivity contribution in [1.82, 2.24) is 0 Å². The van der Waals surface area contributed by atoms with Gasteiger partial charge in [0.15, 0.2) is 11.5 Å². The largest absolute Gasteiger partial charge is 0.493 e. The summed E-state index contributed by atoms with van der Waals surface area (Å²) in [6, 6.07) is 24.2. The standard InChI is InChI=1S/C25H24N2O3/c1-18(16-19-14-15-22(29-2)23(17-19)30-3)26-27-24(20-10-6-4-7-11-20)25(28)21-12-8-5-9-13-21/h4-15,17H,16H2,1-3H3. The van der Waals surface area contributed by atoms with Crippen LogP contribution in [0.2, 0.25) is 0 Å². The topological polar surface area (TPSA) is 60.2 Å². The lowest BCUT2D eigenvalue weighted by atomic mass is 10.0. The van der Waals surface area contributed by atoms with Crippen LogP contribution in [0.4, 0.5) is 0 Å². The highest BCUT2D eigenvalue weighted by molar-refractivity contribution is 6.51. The number of methoxy groups -OCH3 is 2. The van der Waals surface area contributed by atoms with Crippen LogP contribution in [0.5, 0.6) is 11.5 Å². The molecule has 0 aromatic heterocycles. The van der Waals surface area contributed by atoms with Gasteiger partial charge in [0, 0.05) is 23.3 Å². The number of ketones is 1. The molecule has 3 rings (SSSR count). The van der Waals surface area contributed by atoms with Crippen LogP contribution in [0.25, 0.3) is 0 Å². The Morgan fingerprint density at radius 3 is 1.97 bits per heavy atom. The van der Waals surface area contributed by atoms with E-state index in [4.69, 9.17) is 9.47 Å². The van der Waals surface area contributed by atoms with Crippen molar-refractivity contribution < 1.29 is 14.3 Å². The zero-order valence-electron chi connectivity index (χ0n) is 17.3. The molecule has 0 saturated carbocycles. The second-order valence-corrected chi connectivity index (χ2v) is 6.71. The molecule has 5 heteroatoms. The van der Waals surface area contributed by atoms with Gasteiger partial charge < -0.3 is 9.47 Å². The summed E-state index contributed by atoms with van der Waals surface area (Å²) in [4.78, 5) is 13.0. The Hall–Kier alpha value is -3.73. The van der Waals surface area contributed by atoms with Crippen LogP contribution in [0.3, 0.4) is 0 Å². The Kier molecular flexibility index (Phi) is 7.11. The Morgan fingerprint density at radius 2 is 1.37 bits per heavy atom. The lowest BCUT2D eigenvalue weighted by molar-refractivity contribution is 0.106. The quantitative estimate of drug-likeness (QED) is 0.304. The van der Waals surface area contributed by atoms with E-state index in [9.17, 15) is 4.79 Å². The molecule has 0 aliphatic rings. The van der Waals surface area contributed by atoms with Crippen LogP contribution in [0.15, 0.2) is 89.1 Å². The van der Waals surface area contributed by atoms with E-state index >= 15 is 0 Å². The molecule has 0 aliphatic carbocycles. The average molecular weight is 400 g/mol. The second kappa shape index (κ2) is 10.2. The van der Waals surface area contributed by atoms with Crippen LogP contribution in [-0.4, -0.2) is 31.4 Å². The average Bonchev–Trinajstić information content (AvgIpc) is 2.80. The number of hydrogen-bond donors (Lipinski definition) is 0. The van der Waals surface area contributed by atoms with Crippen molar-refractivity contribution in [3.05, 3.63) is 95.6 Å². The first-order valence-electron chi connectivity index (χ1n) is 9.59.